The molecule has 5 heterocycles. The number of nitrogens with zero attached hydrogens (tertiary/aromatic N) is 5. The Balaban J connectivity index is 1.64. The van der Waals surface area contributed by atoms with Crippen molar-refractivity contribution in [3.8, 4) is 11.5 Å². The average molecular weight is 856 g/mol. The van der Waals surface area contributed by atoms with E-state index in [1.165, 1.54) is 20.0 Å². The predicted octanol–water partition coefficient (Wildman–Crippen LogP) is 4.56. The third kappa shape index (κ3) is 11.2. The van der Waals surface area contributed by atoms with Crippen molar-refractivity contribution < 1.29 is 57.6 Å². The summed E-state index contributed by atoms with van der Waals surface area (Å²) >= 11 is 0. The molecule has 17 nitrogen and oxygen atoms in total. The van der Waals surface area contributed by atoms with Crippen LogP contribution in [0.3, 0.4) is 0 Å². The Morgan fingerprint density at radius 1 is 1.05 bits per heavy atom. The molecule has 0 aromatic carbocycles. The lowest BCUT2D eigenvalue weighted by Crippen LogP contribution is -2.60. The third-order valence-corrected chi connectivity index (χ3v) is 12.3. The molecular weight excluding hydrogens is 791 g/mol. The van der Waals surface area contributed by atoms with Crippen LogP contribution in [-0.4, -0.2) is 136 Å². The lowest BCUT2D eigenvalue weighted by molar-refractivity contribution is -0.296. The van der Waals surface area contributed by atoms with E-state index >= 15 is 0 Å². The van der Waals surface area contributed by atoms with Crippen LogP contribution in [0.25, 0.3) is 11.5 Å². The summed E-state index contributed by atoms with van der Waals surface area (Å²) in [5, 5.41) is 32.4. The van der Waals surface area contributed by atoms with Gasteiger partial charge in [0.2, 0.25) is 5.91 Å². The molecule has 5 rings (SSSR count). The number of cyclic esters (lactones) is 1. The highest BCUT2D eigenvalue weighted by Crippen LogP contribution is 2.40. The van der Waals surface area contributed by atoms with Crippen molar-refractivity contribution in [3.63, 3.8) is 0 Å². The molecule has 2 unspecified atom stereocenters. The molecule has 0 radical (unpaired) electrons. The molecule has 61 heavy (non-hydrogen) atoms. The van der Waals surface area contributed by atoms with Crippen LogP contribution in [0.15, 0.2) is 45.3 Å². The van der Waals surface area contributed by atoms with E-state index in [1.807, 2.05) is 45.8 Å². The zero-order chi connectivity index (χ0) is 44.8. The number of fused-ring (bicyclic) bond motifs is 5. The van der Waals surface area contributed by atoms with Gasteiger partial charge >= 0.3 is 5.97 Å². The van der Waals surface area contributed by atoms with Crippen molar-refractivity contribution in [1.29, 1.82) is 0 Å². The summed E-state index contributed by atoms with van der Waals surface area (Å²) in [6.07, 6.45) is -1.89. The molecule has 3 fully saturated rings. The number of Topliss-reactive ketones (excluding diaryl/α,β-unsaturated/α-hetero) is 1. The topological polar surface area (TPSA) is 214 Å². The number of hydrogen-bond donors (Lipinski definition) is 2. The SMILES string of the molecule is CCC(=O)N=C1[C@H](C)CC2(C)OC/C(=N/OCc3ccc(-c4ccno4)nc3)CO[C@H]([C@H]1C)C(C)(O)[C@@H](CC)OC(=O)[C@H](C)C(=O)[C@H](C)[C@H]2O[C@@H]1O[C@H](C)C[C@H](N(C)C)[C@H]1O. The van der Waals surface area contributed by atoms with Crippen LogP contribution in [0.4, 0.5) is 0 Å². The van der Waals surface area contributed by atoms with E-state index in [0.717, 1.165) is 0 Å². The Hall–Kier alpha value is -3.97. The fourth-order valence-corrected chi connectivity index (χ4v) is 8.85. The maximum absolute atomic E-state index is 14.5. The molecule has 2 bridgehead atoms. The largest absolute Gasteiger partial charge is 0.459 e. The number of oxime groups is 1. The highest BCUT2D eigenvalue weighted by molar-refractivity contribution is 6.00. The number of amides is 1. The summed E-state index contributed by atoms with van der Waals surface area (Å²) in [7, 11) is 3.73. The highest BCUT2D eigenvalue weighted by Gasteiger charge is 2.53. The van der Waals surface area contributed by atoms with Gasteiger partial charge in [0.15, 0.2) is 17.8 Å². The first-order valence-corrected chi connectivity index (χ1v) is 21.3. The Bertz CT molecular complexity index is 1850. The minimum absolute atomic E-state index is 0.0279. The number of aliphatic hydroxyl groups is 2. The van der Waals surface area contributed by atoms with E-state index in [1.54, 1.807) is 46.0 Å². The molecule has 3 aliphatic rings. The molecular formula is C44H65N5O12. The van der Waals surface area contributed by atoms with Crippen molar-refractivity contribution in [2.24, 2.45) is 33.8 Å². The molecule has 2 aromatic rings. The van der Waals surface area contributed by atoms with Gasteiger partial charge < -0.3 is 48.2 Å². The third-order valence-electron chi connectivity index (χ3n) is 12.3. The normalized spacial score (nSPS) is 37.2. The molecule has 0 spiro atoms. The Morgan fingerprint density at radius 2 is 1.79 bits per heavy atom. The molecule has 17 heteroatoms. The van der Waals surface area contributed by atoms with E-state index in [0.29, 0.717) is 29.2 Å². The van der Waals surface area contributed by atoms with Crippen LogP contribution in [0.5, 0.6) is 0 Å². The summed E-state index contributed by atoms with van der Waals surface area (Å²) in [6, 6.07) is 4.97. The second kappa shape index (κ2) is 20.5. The van der Waals surface area contributed by atoms with Gasteiger partial charge in [0.05, 0.1) is 43.3 Å². The van der Waals surface area contributed by atoms with Gasteiger partial charge in [0, 0.05) is 47.8 Å². The number of aliphatic imine (C=N–C) groups is 1. The zero-order valence-electron chi connectivity index (χ0n) is 37.4. The molecule has 0 saturated carbocycles. The first-order chi connectivity index (χ1) is 28.8. The number of likely N-dealkylation sites (N-methyl/N-ethyl adjacent to an activating group) is 1. The number of ether oxygens (including phenoxy) is 5. The van der Waals surface area contributed by atoms with Gasteiger partial charge in [0.1, 0.15) is 41.7 Å². The summed E-state index contributed by atoms with van der Waals surface area (Å²) in [6.45, 7) is 15.1. The van der Waals surface area contributed by atoms with E-state index in [9.17, 15) is 24.6 Å². The molecule has 3 aliphatic heterocycles. The maximum atomic E-state index is 14.5. The van der Waals surface area contributed by atoms with Crippen LogP contribution < -0.4 is 0 Å². The number of aromatic nitrogens is 2. The lowest BCUT2D eigenvalue weighted by atomic mass is 9.73. The maximum Gasteiger partial charge on any atom is 0.316 e. The molecule has 3 saturated heterocycles. The van der Waals surface area contributed by atoms with Crippen molar-refractivity contribution in [1.82, 2.24) is 15.0 Å². The van der Waals surface area contributed by atoms with E-state index in [-0.39, 0.29) is 62.8 Å². The number of ketones is 1. The highest BCUT2D eigenvalue weighted by atomic mass is 16.7. The summed E-state index contributed by atoms with van der Waals surface area (Å²) < 4.78 is 37.8. The van der Waals surface area contributed by atoms with E-state index in [4.69, 9.17) is 33.0 Å². The van der Waals surface area contributed by atoms with Gasteiger partial charge in [-0.2, -0.15) is 0 Å². The van der Waals surface area contributed by atoms with Crippen LogP contribution in [0, 0.1) is 23.7 Å². The fraction of sp³-hybridized carbons (Fsp3) is 0.705. The molecule has 2 N–H and O–H groups in total. The smallest absolute Gasteiger partial charge is 0.316 e. The van der Waals surface area contributed by atoms with Crippen LogP contribution in [-0.2, 0) is 49.5 Å². The van der Waals surface area contributed by atoms with Gasteiger partial charge in [0.25, 0.3) is 0 Å². The monoisotopic (exact) mass is 855 g/mol. The minimum Gasteiger partial charge on any atom is -0.459 e. The second-order valence-corrected chi connectivity index (χ2v) is 17.5. The van der Waals surface area contributed by atoms with Gasteiger partial charge in [-0.05, 0) is 73.0 Å². The van der Waals surface area contributed by atoms with Crippen molar-refractivity contribution in [2.45, 2.75) is 149 Å². The van der Waals surface area contributed by atoms with E-state index < -0.39 is 77.3 Å². The Morgan fingerprint density at radius 3 is 2.41 bits per heavy atom. The van der Waals surface area contributed by atoms with Crippen LogP contribution >= 0.6 is 0 Å². The minimum atomic E-state index is -1.86. The number of rotatable bonds is 9. The van der Waals surface area contributed by atoms with Crippen molar-refractivity contribution in [3.05, 3.63) is 36.2 Å². The average Bonchev–Trinajstić information content (AvgIpc) is 3.77. The van der Waals surface area contributed by atoms with Gasteiger partial charge in [-0.3, -0.25) is 19.4 Å². The number of esters is 1. The number of hydrogen-bond acceptors (Lipinski definition) is 16. The van der Waals surface area contributed by atoms with Crippen molar-refractivity contribution >= 4 is 29.1 Å². The molecule has 2 aromatic heterocycles. The standard InChI is InChI=1S/C44H65N5O12/c1-12-34-44(9,54)40-26(5)36(47-35(50)13-2)24(3)19-43(8,56-23-30(22-55-40)48-57-21-29-14-15-31(45-20-29)33-16-17-46-61-33)39(27(6)37(51)28(7)41(53)59-34)60-42-38(52)32(49(10)11)18-25(4)58-42/h14-17,20,24-28,32,34,38-40,42,52,54H,12-13,18-19,21-23H2,1-11H3/b47-36?,48-30+/t24-,25-,26+,27+,28-,32+,34-,38-,39-,40-,42+,43?,44?/m1/s1. The summed E-state index contributed by atoms with van der Waals surface area (Å²) in [5.41, 5.74) is -1.27. The van der Waals surface area contributed by atoms with Crippen molar-refractivity contribution in [2.75, 3.05) is 27.3 Å². The molecule has 338 valence electrons. The molecule has 1 amide bonds. The first-order valence-electron chi connectivity index (χ1n) is 21.3. The fourth-order valence-electron chi connectivity index (χ4n) is 8.85. The van der Waals surface area contributed by atoms with Crippen LogP contribution in [0.2, 0.25) is 0 Å². The predicted molar refractivity (Wildman–Crippen MR) is 223 cm³/mol. The zero-order valence-corrected chi connectivity index (χ0v) is 37.4. The number of carbonyl (C=O) groups is 3. The summed E-state index contributed by atoms with van der Waals surface area (Å²) in [4.78, 5) is 58.5. The Labute approximate surface area is 358 Å². The number of carbonyl (C=O) groups excluding carboxylic acids is 3. The summed E-state index contributed by atoms with van der Waals surface area (Å²) in [5.74, 6) is -4.76. The first kappa shape index (κ1) is 48.1. The number of aliphatic hydroxyl groups excluding tert-OH is 1. The van der Waals surface area contributed by atoms with E-state index in [2.05, 4.69) is 20.3 Å². The van der Waals surface area contributed by atoms with Gasteiger partial charge in [-0.25, -0.2) is 4.99 Å². The molecule has 13 atom stereocenters. The second-order valence-electron chi connectivity index (χ2n) is 17.5. The van der Waals surface area contributed by atoms with Crippen LogP contribution in [0.1, 0.15) is 93.6 Å². The van der Waals surface area contributed by atoms with Gasteiger partial charge in [-0.1, -0.05) is 51.0 Å². The lowest BCUT2D eigenvalue weighted by Gasteiger charge is -2.47. The molecule has 0 aliphatic carbocycles. The number of pyridine rings is 1. The van der Waals surface area contributed by atoms with Gasteiger partial charge in [-0.15, -0.1) is 0 Å². The quantitative estimate of drug-likeness (QED) is 0.201. The Kier molecular flexibility index (Phi) is 16.1.